The molecule has 4 rings (SSSR count). The Labute approximate surface area is 245 Å². The molecule has 1 amide bonds. The van der Waals surface area contributed by atoms with Crippen LogP contribution in [0.4, 0.5) is 4.79 Å². The third-order valence-corrected chi connectivity index (χ3v) is 6.36. The monoisotopic (exact) mass is 574 g/mol. The van der Waals surface area contributed by atoms with Gasteiger partial charge < -0.3 is 34.8 Å². The van der Waals surface area contributed by atoms with E-state index in [1.54, 1.807) is 13.0 Å². The van der Waals surface area contributed by atoms with Gasteiger partial charge in [-0.2, -0.15) is 0 Å². The lowest BCUT2D eigenvalue weighted by atomic mass is 9.99. The molecule has 3 aromatic carbocycles. The van der Waals surface area contributed by atoms with Gasteiger partial charge in [-0.25, -0.2) is 4.79 Å². The number of furan rings is 1. The molecule has 0 aliphatic heterocycles. The molecule has 222 valence electrons. The summed E-state index contributed by atoms with van der Waals surface area (Å²) in [5.74, 6) is 0.674. The first-order valence-corrected chi connectivity index (χ1v) is 13.9. The lowest BCUT2D eigenvalue weighted by Gasteiger charge is -2.19. The van der Waals surface area contributed by atoms with Gasteiger partial charge in [-0.1, -0.05) is 30.3 Å². The number of carbonyl (C=O) groups excluding carboxylic acids is 2. The number of alkyl carbamates (subject to hydrolysis) is 1. The highest BCUT2D eigenvalue weighted by molar-refractivity contribution is 5.93. The average molecular weight is 575 g/mol. The molecular weight excluding hydrogens is 536 g/mol. The fourth-order valence-electron chi connectivity index (χ4n) is 4.52. The van der Waals surface area contributed by atoms with Gasteiger partial charge in [0.15, 0.2) is 0 Å². The van der Waals surface area contributed by atoms with E-state index < -0.39 is 11.7 Å². The lowest BCUT2D eigenvalue weighted by molar-refractivity contribution is -0.142. The molecule has 0 radical (unpaired) electrons. The van der Waals surface area contributed by atoms with E-state index in [2.05, 4.69) is 5.32 Å². The fourth-order valence-corrected chi connectivity index (χ4v) is 4.52. The number of fused-ring (bicyclic) bond motifs is 1. The summed E-state index contributed by atoms with van der Waals surface area (Å²) in [4.78, 5) is 24.3. The maximum atomic E-state index is 12.2. The number of nitrogens with two attached hydrogens (primary N) is 1. The van der Waals surface area contributed by atoms with Crippen molar-refractivity contribution >= 4 is 23.0 Å². The molecule has 1 heterocycles. The maximum absolute atomic E-state index is 12.2. The highest BCUT2D eigenvalue weighted by Crippen LogP contribution is 2.34. The van der Waals surface area contributed by atoms with E-state index in [4.69, 9.17) is 24.4 Å². The highest BCUT2D eigenvalue weighted by Gasteiger charge is 2.17. The van der Waals surface area contributed by atoms with E-state index in [0.717, 1.165) is 33.2 Å². The molecule has 4 aromatic rings. The first kappa shape index (κ1) is 30.6. The van der Waals surface area contributed by atoms with Gasteiger partial charge in [-0.15, -0.1) is 0 Å². The normalized spacial score (nSPS) is 11.4. The van der Waals surface area contributed by atoms with Crippen LogP contribution >= 0.6 is 0 Å². The molecule has 0 saturated heterocycles. The van der Waals surface area contributed by atoms with Crippen LogP contribution in [0.15, 0.2) is 65.1 Å². The number of nitrogens with one attached hydrogen (secondary N) is 1. The molecule has 0 spiro atoms. The topological polar surface area (TPSA) is 133 Å². The number of benzene rings is 3. The van der Waals surface area contributed by atoms with Gasteiger partial charge in [0, 0.05) is 29.6 Å². The molecule has 42 heavy (non-hydrogen) atoms. The van der Waals surface area contributed by atoms with E-state index in [9.17, 15) is 14.7 Å². The second kappa shape index (κ2) is 13.5. The van der Waals surface area contributed by atoms with Crippen molar-refractivity contribution in [2.24, 2.45) is 5.73 Å². The van der Waals surface area contributed by atoms with Crippen molar-refractivity contribution in [1.29, 1.82) is 0 Å². The first-order chi connectivity index (χ1) is 20.1. The van der Waals surface area contributed by atoms with E-state index in [-0.39, 0.29) is 32.1 Å². The Bertz CT molecular complexity index is 1550. The molecular formula is C33H38N2O7. The van der Waals surface area contributed by atoms with Crippen LogP contribution < -0.4 is 15.8 Å². The van der Waals surface area contributed by atoms with E-state index in [1.807, 2.05) is 75.4 Å². The number of hydrogen-bond acceptors (Lipinski definition) is 8. The Morgan fingerprint density at radius 1 is 1.00 bits per heavy atom. The third kappa shape index (κ3) is 8.11. The molecule has 0 saturated carbocycles. The van der Waals surface area contributed by atoms with Crippen LogP contribution in [0.1, 0.15) is 55.7 Å². The molecule has 0 fully saturated rings. The van der Waals surface area contributed by atoms with Crippen molar-refractivity contribution in [2.45, 2.75) is 66.0 Å². The second-order valence-electron chi connectivity index (χ2n) is 10.9. The summed E-state index contributed by atoms with van der Waals surface area (Å²) in [5, 5.41) is 13.3. The minimum atomic E-state index is -0.588. The van der Waals surface area contributed by atoms with Crippen molar-refractivity contribution in [3.63, 3.8) is 0 Å². The predicted octanol–water partition coefficient (Wildman–Crippen LogP) is 5.76. The number of hydrogen-bond donors (Lipinski definition) is 3. The summed E-state index contributed by atoms with van der Waals surface area (Å²) in [7, 11) is 0. The van der Waals surface area contributed by atoms with Gasteiger partial charge in [0.25, 0.3) is 0 Å². The first-order valence-electron chi connectivity index (χ1n) is 13.9. The third-order valence-electron chi connectivity index (χ3n) is 6.36. The number of amides is 1. The van der Waals surface area contributed by atoms with Crippen molar-refractivity contribution in [3.05, 3.63) is 88.7 Å². The molecule has 9 heteroatoms. The van der Waals surface area contributed by atoms with Gasteiger partial charge in [0.1, 0.15) is 35.9 Å². The summed E-state index contributed by atoms with van der Waals surface area (Å²) in [6.07, 6.45) is -0.404. The molecule has 1 aromatic heterocycles. The van der Waals surface area contributed by atoms with Crippen molar-refractivity contribution in [3.8, 4) is 16.9 Å². The van der Waals surface area contributed by atoms with Gasteiger partial charge in [0.05, 0.1) is 13.0 Å². The van der Waals surface area contributed by atoms with Crippen molar-refractivity contribution in [1.82, 2.24) is 5.32 Å². The zero-order chi connectivity index (χ0) is 30.3. The van der Waals surface area contributed by atoms with Crippen molar-refractivity contribution in [2.75, 3.05) is 6.61 Å². The van der Waals surface area contributed by atoms with Gasteiger partial charge in [-0.05, 0) is 80.3 Å². The molecule has 0 bridgehead atoms. The number of rotatable bonds is 11. The minimum Gasteiger partial charge on any atom is -0.489 e. The predicted molar refractivity (Wildman–Crippen MR) is 160 cm³/mol. The van der Waals surface area contributed by atoms with Gasteiger partial charge in [0.2, 0.25) is 0 Å². The number of aliphatic hydroxyl groups is 1. The zero-order valence-corrected chi connectivity index (χ0v) is 24.5. The Balaban J connectivity index is 1.62. The summed E-state index contributed by atoms with van der Waals surface area (Å²) in [5.41, 5.74) is 10.9. The van der Waals surface area contributed by atoms with Crippen LogP contribution in [-0.2, 0) is 47.0 Å². The van der Waals surface area contributed by atoms with Crippen LogP contribution in [0.3, 0.4) is 0 Å². The fraction of sp³-hybridized carbons (Fsp3) is 0.333. The van der Waals surface area contributed by atoms with Gasteiger partial charge in [-0.3, -0.25) is 4.79 Å². The van der Waals surface area contributed by atoms with Crippen LogP contribution in [-0.4, -0.2) is 29.4 Å². The molecule has 9 nitrogen and oxygen atoms in total. The number of carbonyl (C=O) groups is 2. The number of ether oxygens (including phenoxy) is 3. The van der Waals surface area contributed by atoms with Crippen LogP contribution in [0, 0.1) is 0 Å². The van der Waals surface area contributed by atoms with E-state index in [0.29, 0.717) is 35.8 Å². The Morgan fingerprint density at radius 3 is 2.52 bits per heavy atom. The van der Waals surface area contributed by atoms with Gasteiger partial charge >= 0.3 is 12.1 Å². The minimum absolute atomic E-state index is 0.0873. The molecule has 0 aliphatic rings. The maximum Gasteiger partial charge on any atom is 0.407 e. The van der Waals surface area contributed by atoms with E-state index >= 15 is 0 Å². The second-order valence-corrected chi connectivity index (χ2v) is 10.9. The smallest absolute Gasteiger partial charge is 0.407 e. The molecule has 0 atom stereocenters. The number of esters is 1. The Morgan fingerprint density at radius 2 is 1.81 bits per heavy atom. The van der Waals surface area contributed by atoms with Crippen LogP contribution in [0.25, 0.3) is 22.1 Å². The lowest BCUT2D eigenvalue weighted by Crippen LogP contribution is -2.32. The quantitative estimate of drug-likeness (QED) is 0.193. The Hall–Kier alpha value is -4.34. The standard InChI is InChI=1S/C33H38N2O7/c1-5-39-30(37)16-25-10-9-21(17-34)14-29(25)40-20-23-12-26-15-27(19-36)41-31(26)28(13-23)24-8-6-7-22(11-24)18-35-32(38)42-33(2,3)4/h6-15,36H,5,16-20,34H2,1-4H3,(H,35,38). The largest absolute Gasteiger partial charge is 0.489 e. The molecule has 4 N–H and O–H groups in total. The average Bonchev–Trinajstić information content (AvgIpc) is 3.38. The van der Waals surface area contributed by atoms with Crippen LogP contribution in [0.5, 0.6) is 5.75 Å². The summed E-state index contributed by atoms with van der Waals surface area (Å²) in [6, 6.07) is 19.0. The number of aliphatic hydroxyl groups excluding tert-OH is 1. The van der Waals surface area contributed by atoms with Crippen molar-refractivity contribution < 1.29 is 33.3 Å². The zero-order valence-electron chi connectivity index (χ0n) is 24.5. The Kier molecular flexibility index (Phi) is 9.88. The van der Waals surface area contributed by atoms with E-state index in [1.165, 1.54) is 0 Å². The highest BCUT2D eigenvalue weighted by atomic mass is 16.6. The SMILES string of the molecule is CCOC(=O)Cc1ccc(CN)cc1OCc1cc(-c2cccc(CNC(=O)OC(C)(C)C)c2)c2oc(CO)cc2c1. The molecule has 0 unspecified atom stereocenters. The molecule has 0 aliphatic carbocycles. The summed E-state index contributed by atoms with van der Waals surface area (Å²) < 4.78 is 22.7. The van der Waals surface area contributed by atoms with Crippen LogP contribution in [0.2, 0.25) is 0 Å². The summed E-state index contributed by atoms with van der Waals surface area (Å²) >= 11 is 0. The summed E-state index contributed by atoms with van der Waals surface area (Å²) in [6.45, 7) is 8.12.